The van der Waals surface area contributed by atoms with Crippen molar-refractivity contribution >= 4 is 29.3 Å². The van der Waals surface area contributed by atoms with E-state index in [-0.39, 0.29) is 29.7 Å². The van der Waals surface area contributed by atoms with Crippen LogP contribution in [-0.4, -0.2) is 47.8 Å². The number of amides is 3. The van der Waals surface area contributed by atoms with Crippen molar-refractivity contribution in [3.63, 3.8) is 0 Å². The molecule has 0 aromatic heterocycles. The molecule has 1 saturated heterocycles. The summed E-state index contributed by atoms with van der Waals surface area (Å²) in [5, 5.41) is 6.25. The maximum atomic E-state index is 13.0. The number of piperidine rings is 1. The normalized spacial score (nSPS) is 16.8. The van der Waals surface area contributed by atoms with E-state index in [1.807, 2.05) is 32.6 Å². The van der Waals surface area contributed by atoms with Gasteiger partial charge in [0.2, 0.25) is 11.8 Å². The first-order chi connectivity index (χ1) is 14.2. The molecule has 1 heterocycles. The van der Waals surface area contributed by atoms with E-state index in [0.29, 0.717) is 48.9 Å². The molecule has 7 heteroatoms. The number of hydrogen-bond acceptors (Lipinski definition) is 3. The fraction of sp³-hybridized carbons (Fsp3) is 0.609. The Balaban J connectivity index is 2.10. The summed E-state index contributed by atoms with van der Waals surface area (Å²) in [4.78, 5) is 40.1. The van der Waals surface area contributed by atoms with Crippen LogP contribution in [0, 0.1) is 11.8 Å². The molecule has 0 aliphatic carbocycles. The third-order valence-corrected chi connectivity index (χ3v) is 5.96. The van der Waals surface area contributed by atoms with Crippen molar-refractivity contribution in [2.75, 3.05) is 13.1 Å². The molecule has 3 amide bonds. The predicted molar refractivity (Wildman–Crippen MR) is 119 cm³/mol. The zero-order valence-electron chi connectivity index (χ0n) is 18.4. The monoisotopic (exact) mass is 435 g/mol. The van der Waals surface area contributed by atoms with Crippen LogP contribution < -0.4 is 10.6 Å². The minimum absolute atomic E-state index is 0.0184. The molecular formula is C23H34ClN3O3. The molecule has 0 spiro atoms. The Morgan fingerprint density at radius 3 is 2.30 bits per heavy atom. The fourth-order valence-electron chi connectivity index (χ4n) is 3.66. The first kappa shape index (κ1) is 24.2. The highest BCUT2D eigenvalue weighted by Gasteiger charge is 2.34. The van der Waals surface area contributed by atoms with Crippen LogP contribution in [0.3, 0.4) is 0 Å². The zero-order chi connectivity index (χ0) is 22.3. The molecule has 0 bridgehead atoms. The van der Waals surface area contributed by atoms with E-state index in [1.54, 1.807) is 24.3 Å². The highest BCUT2D eigenvalue weighted by atomic mass is 35.5. The average Bonchev–Trinajstić information content (AvgIpc) is 2.71. The summed E-state index contributed by atoms with van der Waals surface area (Å²) in [6.45, 7) is 9.21. The molecule has 0 saturated carbocycles. The van der Waals surface area contributed by atoms with Gasteiger partial charge in [-0.15, -0.1) is 0 Å². The maximum absolute atomic E-state index is 13.0. The molecule has 0 radical (unpaired) electrons. The Morgan fingerprint density at radius 2 is 1.73 bits per heavy atom. The summed E-state index contributed by atoms with van der Waals surface area (Å²) < 4.78 is 0. The van der Waals surface area contributed by atoms with Crippen LogP contribution in [0.5, 0.6) is 0 Å². The summed E-state index contributed by atoms with van der Waals surface area (Å²) in [5.74, 6) is -0.105. The van der Waals surface area contributed by atoms with Crippen LogP contribution in [0.1, 0.15) is 63.7 Å². The SMILES string of the molecule is CC[C@@H](C)NC(=O)[C@H](NC(=O)c1ccccc1Cl)C1CCN(C(=O)CC(C)C)CC1. The summed E-state index contributed by atoms with van der Waals surface area (Å²) in [5.41, 5.74) is 0.352. The van der Waals surface area contributed by atoms with E-state index >= 15 is 0 Å². The van der Waals surface area contributed by atoms with Crippen molar-refractivity contribution in [2.24, 2.45) is 11.8 Å². The third kappa shape index (κ3) is 6.73. The van der Waals surface area contributed by atoms with Crippen molar-refractivity contribution < 1.29 is 14.4 Å². The van der Waals surface area contributed by atoms with Gasteiger partial charge in [0.15, 0.2) is 0 Å². The van der Waals surface area contributed by atoms with Crippen LogP contribution in [0.2, 0.25) is 5.02 Å². The van der Waals surface area contributed by atoms with Crippen LogP contribution in [-0.2, 0) is 9.59 Å². The number of benzene rings is 1. The maximum Gasteiger partial charge on any atom is 0.253 e. The first-order valence-electron chi connectivity index (χ1n) is 10.9. The molecule has 1 aliphatic rings. The Labute approximate surface area is 184 Å². The lowest BCUT2D eigenvalue weighted by atomic mass is 9.88. The van der Waals surface area contributed by atoms with E-state index < -0.39 is 6.04 Å². The Hall–Kier alpha value is -2.08. The lowest BCUT2D eigenvalue weighted by Crippen LogP contribution is -2.55. The molecular weight excluding hydrogens is 402 g/mol. The second kappa shape index (κ2) is 11.3. The largest absolute Gasteiger partial charge is 0.352 e. The number of nitrogens with one attached hydrogen (secondary N) is 2. The first-order valence-corrected chi connectivity index (χ1v) is 11.2. The molecule has 2 atom stereocenters. The average molecular weight is 436 g/mol. The van der Waals surface area contributed by atoms with Crippen LogP contribution in [0.15, 0.2) is 24.3 Å². The van der Waals surface area contributed by atoms with Crippen molar-refractivity contribution in [1.29, 1.82) is 0 Å². The molecule has 0 unspecified atom stereocenters. The summed E-state index contributed by atoms with van der Waals surface area (Å²) in [6.07, 6.45) is 2.68. The van der Waals surface area contributed by atoms with Gasteiger partial charge in [-0.2, -0.15) is 0 Å². The molecule has 166 valence electrons. The van der Waals surface area contributed by atoms with Crippen LogP contribution in [0.25, 0.3) is 0 Å². The molecule has 2 rings (SSSR count). The van der Waals surface area contributed by atoms with E-state index in [1.165, 1.54) is 0 Å². The highest BCUT2D eigenvalue weighted by Crippen LogP contribution is 2.23. The van der Waals surface area contributed by atoms with E-state index in [9.17, 15) is 14.4 Å². The number of carbonyl (C=O) groups excluding carboxylic acids is 3. The van der Waals surface area contributed by atoms with E-state index in [2.05, 4.69) is 10.6 Å². The zero-order valence-corrected chi connectivity index (χ0v) is 19.2. The van der Waals surface area contributed by atoms with Crippen molar-refractivity contribution in [3.05, 3.63) is 34.9 Å². The van der Waals surface area contributed by atoms with Gasteiger partial charge in [0.25, 0.3) is 5.91 Å². The van der Waals surface area contributed by atoms with E-state index in [0.717, 1.165) is 6.42 Å². The van der Waals surface area contributed by atoms with Crippen LogP contribution in [0.4, 0.5) is 0 Å². The second-order valence-electron chi connectivity index (χ2n) is 8.57. The minimum Gasteiger partial charge on any atom is -0.352 e. The topological polar surface area (TPSA) is 78.5 Å². The Morgan fingerprint density at radius 1 is 1.10 bits per heavy atom. The predicted octanol–water partition coefficient (Wildman–Crippen LogP) is 3.64. The molecule has 1 aromatic carbocycles. The van der Waals surface area contributed by atoms with Gasteiger partial charge in [0, 0.05) is 25.6 Å². The number of halogens is 1. The number of likely N-dealkylation sites (tertiary alicyclic amines) is 1. The van der Waals surface area contributed by atoms with Crippen molar-refractivity contribution in [2.45, 2.75) is 65.5 Å². The van der Waals surface area contributed by atoms with Gasteiger partial charge in [-0.1, -0.05) is 44.5 Å². The van der Waals surface area contributed by atoms with Gasteiger partial charge < -0.3 is 15.5 Å². The Kier molecular flexibility index (Phi) is 9.15. The molecule has 30 heavy (non-hydrogen) atoms. The number of carbonyl (C=O) groups is 3. The second-order valence-corrected chi connectivity index (χ2v) is 8.97. The van der Waals surface area contributed by atoms with Gasteiger partial charge in [0.05, 0.1) is 10.6 Å². The van der Waals surface area contributed by atoms with Gasteiger partial charge in [-0.25, -0.2) is 0 Å². The van der Waals surface area contributed by atoms with Gasteiger partial charge >= 0.3 is 0 Å². The minimum atomic E-state index is -0.662. The fourth-order valence-corrected chi connectivity index (χ4v) is 3.88. The van der Waals surface area contributed by atoms with E-state index in [4.69, 9.17) is 11.6 Å². The lowest BCUT2D eigenvalue weighted by molar-refractivity contribution is -0.133. The molecule has 2 N–H and O–H groups in total. The summed E-state index contributed by atoms with van der Waals surface area (Å²) >= 11 is 6.16. The van der Waals surface area contributed by atoms with Gasteiger partial charge in [-0.05, 0) is 50.2 Å². The summed E-state index contributed by atoms with van der Waals surface area (Å²) in [6, 6.07) is 6.16. The highest BCUT2D eigenvalue weighted by molar-refractivity contribution is 6.33. The molecule has 1 aliphatic heterocycles. The Bertz CT molecular complexity index is 745. The molecule has 6 nitrogen and oxygen atoms in total. The van der Waals surface area contributed by atoms with Crippen LogP contribution >= 0.6 is 11.6 Å². The summed E-state index contributed by atoms with van der Waals surface area (Å²) in [7, 11) is 0. The number of rotatable bonds is 8. The van der Waals surface area contributed by atoms with Crippen molar-refractivity contribution in [3.8, 4) is 0 Å². The molecule has 1 aromatic rings. The smallest absolute Gasteiger partial charge is 0.253 e. The van der Waals surface area contributed by atoms with Gasteiger partial charge in [0.1, 0.15) is 6.04 Å². The lowest BCUT2D eigenvalue weighted by Gasteiger charge is -2.36. The number of nitrogens with zero attached hydrogens (tertiary/aromatic N) is 1. The quantitative estimate of drug-likeness (QED) is 0.654. The number of hydrogen-bond donors (Lipinski definition) is 2. The molecule has 1 fully saturated rings. The van der Waals surface area contributed by atoms with Crippen molar-refractivity contribution in [1.82, 2.24) is 15.5 Å². The van der Waals surface area contributed by atoms with Gasteiger partial charge in [-0.3, -0.25) is 14.4 Å². The standard InChI is InChI=1S/C23H34ClN3O3/c1-5-16(4)25-23(30)21(26-22(29)18-8-6-7-9-19(18)24)17-10-12-27(13-11-17)20(28)14-15(2)3/h6-9,15-17,21H,5,10-14H2,1-4H3,(H,25,30)(H,26,29)/t16-,21-/m1/s1. The third-order valence-electron chi connectivity index (χ3n) is 5.64.